The molecule has 0 saturated heterocycles. The van der Waals surface area contributed by atoms with Crippen LogP contribution < -0.4 is 16.2 Å². The highest BCUT2D eigenvalue weighted by Gasteiger charge is 2.23. The summed E-state index contributed by atoms with van der Waals surface area (Å²) < 4.78 is 74.5. The van der Waals surface area contributed by atoms with Crippen molar-refractivity contribution in [1.82, 2.24) is 9.78 Å². The molecule has 0 radical (unpaired) electrons. The van der Waals surface area contributed by atoms with Crippen molar-refractivity contribution in [3.63, 3.8) is 0 Å². The molecule has 0 aliphatic rings. The molecule has 1 aromatic heterocycles. The van der Waals surface area contributed by atoms with Crippen molar-refractivity contribution < 1.29 is 39.9 Å². The number of hydrogen-bond donors (Lipinski definition) is 5. The summed E-state index contributed by atoms with van der Waals surface area (Å²) in [6.45, 7) is 5.08. The molecule has 15 nitrogen and oxygen atoms in total. The van der Waals surface area contributed by atoms with Gasteiger partial charge in [0, 0.05) is 24.1 Å². The molecular formula is C26H25FN6O9S2. The lowest BCUT2D eigenvalue weighted by atomic mass is 10.1. The monoisotopic (exact) mass is 648 g/mol. The van der Waals surface area contributed by atoms with E-state index in [9.17, 15) is 32.1 Å². The van der Waals surface area contributed by atoms with E-state index in [1.807, 2.05) is 0 Å². The molecule has 0 fully saturated rings. The van der Waals surface area contributed by atoms with Gasteiger partial charge in [-0.1, -0.05) is 12.1 Å². The summed E-state index contributed by atoms with van der Waals surface area (Å²) >= 11 is 0. The minimum absolute atomic E-state index is 0.188. The van der Waals surface area contributed by atoms with Crippen LogP contribution in [0.5, 0.6) is 0 Å². The Hall–Kier alpha value is -5.20. The first-order valence-electron chi connectivity index (χ1n) is 12.2. The second-order valence-electron chi connectivity index (χ2n) is 9.08. The topological polar surface area (TPSA) is 229 Å². The third-order valence-corrected chi connectivity index (χ3v) is 7.06. The number of carboxylic acids is 1. The molecule has 0 aliphatic heterocycles. The lowest BCUT2D eigenvalue weighted by Gasteiger charge is -2.12. The molecule has 0 amide bonds. The summed E-state index contributed by atoms with van der Waals surface area (Å²) in [6.07, 6.45) is 0. The summed E-state index contributed by atoms with van der Waals surface area (Å²) in [5, 5.41) is 25.6. The van der Waals surface area contributed by atoms with E-state index < -0.39 is 54.3 Å². The number of carbonyl (C=O) groups is 1. The van der Waals surface area contributed by atoms with Gasteiger partial charge in [0.2, 0.25) is 0 Å². The van der Waals surface area contributed by atoms with E-state index in [1.165, 1.54) is 18.2 Å². The predicted octanol–water partition coefficient (Wildman–Crippen LogP) is 4.37. The number of nitrogens with one attached hydrogen (secondary N) is 3. The van der Waals surface area contributed by atoms with Crippen LogP contribution in [0, 0.1) is 26.6 Å². The van der Waals surface area contributed by atoms with Gasteiger partial charge in [0.1, 0.15) is 16.4 Å². The molecule has 4 aromatic rings. The van der Waals surface area contributed by atoms with Crippen LogP contribution >= 0.6 is 0 Å². The summed E-state index contributed by atoms with van der Waals surface area (Å²) in [6, 6.07) is 11.6. The highest BCUT2D eigenvalue weighted by atomic mass is 32.2. The van der Waals surface area contributed by atoms with Gasteiger partial charge in [-0.2, -0.15) is 8.42 Å². The number of rotatable bonds is 8. The maximum Gasteiger partial charge on any atom is 0.425 e. The van der Waals surface area contributed by atoms with E-state index in [-0.39, 0.29) is 11.4 Å². The van der Waals surface area contributed by atoms with Gasteiger partial charge >= 0.3 is 16.6 Å². The van der Waals surface area contributed by atoms with E-state index in [0.717, 1.165) is 10.7 Å². The highest BCUT2D eigenvalue weighted by Crippen LogP contribution is 2.32. The Balaban J connectivity index is 0.00000124. The van der Waals surface area contributed by atoms with Crippen LogP contribution in [-0.4, -0.2) is 53.5 Å². The number of carboxylic acid groups (broad SMARTS) is 1. The van der Waals surface area contributed by atoms with Crippen LogP contribution in [-0.2, 0) is 20.7 Å². The lowest BCUT2D eigenvalue weighted by Crippen LogP contribution is -2.15. The van der Waals surface area contributed by atoms with Gasteiger partial charge in [-0.05, 0) is 73.9 Å². The Labute approximate surface area is 250 Å². The lowest BCUT2D eigenvalue weighted by molar-refractivity contribution is 0.0690. The number of benzene rings is 3. The van der Waals surface area contributed by atoms with E-state index in [2.05, 4.69) is 26.0 Å². The summed E-state index contributed by atoms with van der Waals surface area (Å²) in [7, 11) is -6.26. The molecule has 0 unspecified atom stereocenters. The van der Waals surface area contributed by atoms with Crippen LogP contribution in [0.25, 0.3) is 5.69 Å². The second kappa shape index (κ2) is 13.4. The molecule has 0 saturated carbocycles. The van der Waals surface area contributed by atoms with Crippen molar-refractivity contribution in [2.24, 2.45) is 10.2 Å². The van der Waals surface area contributed by atoms with Gasteiger partial charge in [-0.25, -0.2) is 13.9 Å². The molecule has 0 bridgehead atoms. The van der Waals surface area contributed by atoms with E-state index in [0.29, 0.717) is 33.8 Å². The Kier molecular flexibility index (Phi) is 10.1. The molecule has 232 valence electrons. The van der Waals surface area contributed by atoms with Crippen molar-refractivity contribution >= 4 is 55.1 Å². The molecule has 0 spiro atoms. The quantitative estimate of drug-likeness (QED) is 0.133. The van der Waals surface area contributed by atoms with Crippen LogP contribution in [0.15, 0.2) is 68.4 Å². The van der Waals surface area contributed by atoms with Crippen molar-refractivity contribution in [2.45, 2.75) is 25.7 Å². The number of nitrogens with zero attached hydrogens (tertiary/aromatic N) is 3. The number of aryl methyl sites for hydroxylation is 2. The molecule has 4 rings (SSSR count). The Morgan fingerprint density at radius 3 is 2.25 bits per heavy atom. The SMILES string of the molecule is CNc1cccc(-n2[nH]c(C(=O)O)c(N=Nc3ccc(Nc4cc(F)c(C)cc4C)cc3S(=O)(=O)O)c2=O)c1C.O=S(=O)=O. The standard InChI is InChI=1S/C26H25FN6O6S.O3S/c1-13-10-14(2)20(12-17(13)27)29-16-8-9-19(22(11-16)40(37,38)39)30-31-23-24(26(35)36)32-33(25(23)34)21-7-5-6-18(28-4)15(21)3;1-4(2)3/h5-12,28-29,32H,1-4H3,(H,35,36)(H,37,38,39);. The van der Waals surface area contributed by atoms with Crippen molar-refractivity contribution in [3.05, 3.63) is 87.1 Å². The number of hydrogen-bond acceptors (Lipinski definition) is 11. The van der Waals surface area contributed by atoms with Gasteiger partial charge in [0.15, 0.2) is 11.4 Å². The van der Waals surface area contributed by atoms with Gasteiger partial charge in [0.25, 0.3) is 15.7 Å². The van der Waals surface area contributed by atoms with E-state index >= 15 is 0 Å². The number of azo groups is 1. The zero-order valence-corrected chi connectivity index (χ0v) is 25.0. The molecule has 1 heterocycles. The van der Waals surface area contributed by atoms with Crippen LogP contribution in [0.4, 0.5) is 32.8 Å². The number of aromatic amines is 1. The van der Waals surface area contributed by atoms with Gasteiger partial charge in [0.05, 0.1) is 5.69 Å². The number of anilines is 3. The van der Waals surface area contributed by atoms with Gasteiger partial charge in [-0.3, -0.25) is 14.4 Å². The molecule has 44 heavy (non-hydrogen) atoms. The number of aromatic carboxylic acids is 1. The first-order valence-corrected chi connectivity index (χ1v) is 14.7. The van der Waals surface area contributed by atoms with Gasteiger partial charge in [-0.15, -0.1) is 22.9 Å². The number of halogens is 1. The maximum atomic E-state index is 14.1. The minimum Gasteiger partial charge on any atom is -0.476 e. The zero-order valence-electron chi connectivity index (χ0n) is 23.4. The van der Waals surface area contributed by atoms with Crippen molar-refractivity contribution in [1.29, 1.82) is 0 Å². The summed E-state index contributed by atoms with van der Waals surface area (Å²) in [5.74, 6) is -1.96. The molecule has 0 aliphatic carbocycles. The molecule has 5 N–H and O–H groups in total. The average molecular weight is 649 g/mol. The summed E-state index contributed by atoms with van der Waals surface area (Å²) in [5.41, 5.74) is 1.02. The fraction of sp³-hybridized carbons (Fsp3) is 0.154. The first kappa shape index (κ1) is 33.3. The fourth-order valence-electron chi connectivity index (χ4n) is 4.08. The zero-order chi connectivity index (χ0) is 32.9. The van der Waals surface area contributed by atoms with Crippen molar-refractivity contribution in [2.75, 3.05) is 17.7 Å². The average Bonchev–Trinajstić information content (AvgIpc) is 3.26. The largest absolute Gasteiger partial charge is 0.476 e. The van der Waals surface area contributed by atoms with E-state index in [4.69, 9.17) is 12.6 Å². The van der Waals surface area contributed by atoms with Crippen molar-refractivity contribution in [3.8, 4) is 5.69 Å². The molecule has 0 atom stereocenters. The first-order chi connectivity index (χ1) is 20.5. The third-order valence-electron chi connectivity index (χ3n) is 6.18. The normalized spacial score (nSPS) is 11.1. The number of aromatic nitrogens is 2. The Morgan fingerprint density at radius 1 is 1.00 bits per heavy atom. The van der Waals surface area contributed by atoms with Gasteiger partial charge < -0.3 is 15.7 Å². The third kappa shape index (κ3) is 7.60. The Morgan fingerprint density at radius 2 is 1.66 bits per heavy atom. The Bertz CT molecular complexity index is 2070. The predicted molar refractivity (Wildman–Crippen MR) is 157 cm³/mol. The maximum absolute atomic E-state index is 14.1. The summed E-state index contributed by atoms with van der Waals surface area (Å²) in [4.78, 5) is 24.4. The van der Waals surface area contributed by atoms with Crippen LogP contribution in [0.3, 0.4) is 0 Å². The van der Waals surface area contributed by atoms with Crippen LogP contribution in [0.1, 0.15) is 27.2 Å². The minimum atomic E-state index is -4.85. The fourth-order valence-corrected chi connectivity index (χ4v) is 4.73. The molecule has 3 aromatic carbocycles. The smallest absolute Gasteiger partial charge is 0.425 e. The molecular weight excluding hydrogens is 623 g/mol. The second-order valence-corrected chi connectivity index (χ2v) is 10.9. The van der Waals surface area contributed by atoms with E-state index in [1.54, 1.807) is 52.1 Å². The molecule has 18 heteroatoms. The number of H-pyrrole nitrogens is 1. The van der Waals surface area contributed by atoms with Crippen LogP contribution in [0.2, 0.25) is 0 Å². The highest BCUT2D eigenvalue weighted by molar-refractivity contribution is 7.86.